The number of likely N-dealkylation sites (tertiary alicyclic amines) is 1. The van der Waals surface area contributed by atoms with Crippen LogP contribution in [0.15, 0.2) is 42.5 Å². The Morgan fingerprint density at radius 1 is 1.10 bits per heavy atom. The van der Waals surface area contributed by atoms with Crippen molar-refractivity contribution in [1.82, 2.24) is 10.2 Å². The number of ether oxygens (including phenoxy) is 1. The summed E-state index contributed by atoms with van der Waals surface area (Å²) in [7, 11) is 1.62. The Morgan fingerprint density at radius 3 is 2.55 bits per heavy atom. The zero-order valence-electron chi connectivity index (χ0n) is 16.9. The van der Waals surface area contributed by atoms with Gasteiger partial charge in [0, 0.05) is 18.8 Å². The minimum absolute atomic E-state index is 0.128. The van der Waals surface area contributed by atoms with Crippen LogP contribution in [-0.2, 0) is 4.79 Å². The molecule has 7 nitrogen and oxygen atoms in total. The van der Waals surface area contributed by atoms with Crippen LogP contribution in [0.3, 0.4) is 0 Å². The smallest absolute Gasteiger partial charge is 0.253 e. The van der Waals surface area contributed by atoms with Crippen molar-refractivity contribution in [3.05, 3.63) is 48.0 Å². The van der Waals surface area contributed by atoms with Crippen molar-refractivity contribution in [2.45, 2.75) is 19.3 Å². The van der Waals surface area contributed by atoms with Crippen molar-refractivity contribution in [3.8, 4) is 5.75 Å². The third-order valence-corrected chi connectivity index (χ3v) is 4.83. The van der Waals surface area contributed by atoms with E-state index < -0.39 is 0 Å². The highest BCUT2D eigenvalue weighted by Gasteiger charge is 2.15. The molecule has 0 radical (unpaired) electrons. The number of nitrogens with one attached hydrogen (secondary N) is 2. The van der Waals surface area contributed by atoms with E-state index in [0.717, 1.165) is 25.3 Å². The molecule has 1 aliphatic heterocycles. The molecule has 0 aliphatic carbocycles. The van der Waals surface area contributed by atoms with Crippen LogP contribution in [0.2, 0.25) is 0 Å². The molecular formula is C22H30N4O3. The van der Waals surface area contributed by atoms with E-state index in [-0.39, 0.29) is 5.91 Å². The first-order valence-corrected chi connectivity index (χ1v) is 9.76. The lowest BCUT2D eigenvalue weighted by Gasteiger charge is -2.26. The molecule has 7 heteroatoms. The van der Waals surface area contributed by atoms with Crippen LogP contribution in [0.4, 0.5) is 17.1 Å². The van der Waals surface area contributed by atoms with Crippen LogP contribution in [0, 0.1) is 0 Å². The van der Waals surface area contributed by atoms with E-state index in [1.165, 1.54) is 19.3 Å². The molecule has 1 amide bonds. The number of benzene rings is 2. The Balaban J connectivity index is 0.00000145. The second-order valence-electron chi connectivity index (χ2n) is 6.79. The number of carbonyl (C=O) groups excluding carboxylic acids is 2. The fourth-order valence-electron chi connectivity index (χ4n) is 3.36. The van der Waals surface area contributed by atoms with Gasteiger partial charge in [-0.1, -0.05) is 18.6 Å². The quantitative estimate of drug-likeness (QED) is 0.621. The van der Waals surface area contributed by atoms with Crippen LogP contribution in [0.25, 0.3) is 0 Å². The molecule has 2 aromatic rings. The number of anilines is 3. The van der Waals surface area contributed by atoms with E-state index in [4.69, 9.17) is 15.3 Å². The molecule has 29 heavy (non-hydrogen) atoms. The maximum Gasteiger partial charge on any atom is 0.253 e. The normalized spacial score (nSPS) is 13.7. The molecule has 0 atom stereocenters. The predicted molar refractivity (Wildman–Crippen MR) is 117 cm³/mol. The largest absolute Gasteiger partial charge is 0.495 e. The van der Waals surface area contributed by atoms with E-state index in [1.54, 1.807) is 19.2 Å². The summed E-state index contributed by atoms with van der Waals surface area (Å²) in [6.07, 6.45) is 3.80. The average molecular weight is 399 g/mol. The van der Waals surface area contributed by atoms with Gasteiger partial charge in [0.2, 0.25) is 0 Å². The van der Waals surface area contributed by atoms with Crippen LogP contribution >= 0.6 is 0 Å². The number of nitrogen functional groups attached to an aromatic ring is 1. The number of para-hydroxylation sites is 2. The number of hydrogen-bond donors (Lipinski definition) is 3. The molecule has 156 valence electrons. The minimum atomic E-state index is -0.128. The highest BCUT2D eigenvalue weighted by atomic mass is 16.5. The average Bonchev–Trinajstić information content (AvgIpc) is 2.77. The Morgan fingerprint density at radius 2 is 1.83 bits per heavy atom. The van der Waals surface area contributed by atoms with Crippen LogP contribution < -0.4 is 21.1 Å². The van der Waals surface area contributed by atoms with Crippen molar-refractivity contribution < 1.29 is 14.3 Å². The second-order valence-corrected chi connectivity index (χ2v) is 6.79. The minimum Gasteiger partial charge on any atom is -0.495 e. The lowest BCUT2D eigenvalue weighted by atomic mass is 10.1. The summed E-state index contributed by atoms with van der Waals surface area (Å²) in [6.45, 7) is 5.74. The summed E-state index contributed by atoms with van der Waals surface area (Å²) in [4.78, 5) is 23.1. The van der Waals surface area contributed by atoms with Gasteiger partial charge in [0.1, 0.15) is 12.5 Å². The van der Waals surface area contributed by atoms with Gasteiger partial charge in [0.05, 0.1) is 24.0 Å². The highest BCUT2D eigenvalue weighted by Crippen LogP contribution is 2.29. The summed E-state index contributed by atoms with van der Waals surface area (Å²) >= 11 is 0. The van der Waals surface area contributed by atoms with E-state index in [2.05, 4.69) is 15.5 Å². The lowest BCUT2D eigenvalue weighted by Crippen LogP contribution is -2.37. The Labute approximate surface area is 172 Å². The third kappa shape index (κ3) is 6.50. The van der Waals surface area contributed by atoms with Gasteiger partial charge in [-0.2, -0.15) is 0 Å². The van der Waals surface area contributed by atoms with Gasteiger partial charge < -0.3 is 30.8 Å². The van der Waals surface area contributed by atoms with Gasteiger partial charge in [-0.25, -0.2) is 0 Å². The first-order chi connectivity index (χ1) is 14.2. The molecule has 3 rings (SSSR count). The van der Waals surface area contributed by atoms with Crippen molar-refractivity contribution in [3.63, 3.8) is 0 Å². The van der Waals surface area contributed by atoms with Crippen molar-refractivity contribution >= 4 is 29.8 Å². The van der Waals surface area contributed by atoms with Gasteiger partial charge in [0.25, 0.3) is 5.91 Å². The van der Waals surface area contributed by atoms with Gasteiger partial charge in [-0.3, -0.25) is 4.79 Å². The van der Waals surface area contributed by atoms with Crippen molar-refractivity contribution in [1.29, 1.82) is 0 Å². The Kier molecular flexibility index (Phi) is 8.98. The standard InChI is InChI=1S/C21H28N4O2.CH2O/c1-27-20-8-4-3-7-19(20)24-18-10-9-16(22)15-17(18)21(26)23-11-14-25-12-5-2-6-13-25;1-2/h3-4,7-10,15,24H,2,5-6,11-14,22H2,1H3,(H,23,26);1H2. The SMILES string of the molecule is C=O.COc1ccccc1Nc1ccc(N)cc1C(=O)NCCN1CCCCC1. The summed E-state index contributed by atoms with van der Waals surface area (Å²) < 4.78 is 5.38. The molecule has 0 unspecified atom stereocenters. The van der Waals surface area contributed by atoms with Gasteiger partial charge >= 0.3 is 0 Å². The zero-order valence-corrected chi connectivity index (χ0v) is 16.9. The second kappa shape index (κ2) is 11.7. The van der Waals surface area contributed by atoms with Crippen LogP contribution in [0.5, 0.6) is 5.75 Å². The highest BCUT2D eigenvalue weighted by molar-refractivity contribution is 6.01. The number of carbonyl (C=O) groups is 2. The molecule has 1 fully saturated rings. The fourth-order valence-corrected chi connectivity index (χ4v) is 3.36. The summed E-state index contributed by atoms with van der Waals surface area (Å²) in [5.74, 6) is 0.586. The molecule has 1 saturated heterocycles. The summed E-state index contributed by atoms with van der Waals surface area (Å²) in [5, 5.41) is 6.31. The molecular weight excluding hydrogens is 368 g/mol. The lowest BCUT2D eigenvalue weighted by molar-refractivity contribution is -0.0980. The predicted octanol–water partition coefficient (Wildman–Crippen LogP) is 3.05. The third-order valence-electron chi connectivity index (χ3n) is 4.83. The van der Waals surface area contributed by atoms with Gasteiger partial charge in [0.15, 0.2) is 0 Å². The van der Waals surface area contributed by atoms with E-state index in [9.17, 15) is 4.79 Å². The first-order valence-electron chi connectivity index (χ1n) is 9.76. The van der Waals surface area contributed by atoms with E-state index in [0.29, 0.717) is 29.2 Å². The van der Waals surface area contributed by atoms with Crippen molar-refractivity contribution in [2.24, 2.45) is 0 Å². The molecule has 0 bridgehead atoms. The molecule has 0 aromatic heterocycles. The maximum atomic E-state index is 12.7. The van der Waals surface area contributed by atoms with E-state index >= 15 is 0 Å². The van der Waals surface area contributed by atoms with Gasteiger partial charge in [-0.15, -0.1) is 0 Å². The number of amides is 1. The molecule has 0 spiro atoms. The molecule has 2 aromatic carbocycles. The monoisotopic (exact) mass is 398 g/mol. The summed E-state index contributed by atoms with van der Waals surface area (Å²) in [6, 6.07) is 12.9. The number of piperidine rings is 1. The summed E-state index contributed by atoms with van der Waals surface area (Å²) in [5.41, 5.74) is 8.50. The first kappa shape index (κ1) is 22.2. The number of hydrogen-bond acceptors (Lipinski definition) is 6. The van der Waals surface area contributed by atoms with E-state index in [1.807, 2.05) is 37.1 Å². The number of nitrogens with two attached hydrogens (primary N) is 1. The van der Waals surface area contributed by atoms with Crippen LogP contribution in [0.1, 0.15) is 29.6 Å². The number of methoxy groups -OCH3 is 1. The fraction of sp³-hybridized carbons (Fsp3) is 0.364. The maximum absolute atomic E-state index is 12.7. The molecule has 4 N–H and O–H groups in total. The molecule has 0 saturated carbocycles. The van der Waals surface area contributed by atoms with Gasteiger partial charge in [-0.05, 0) is 56.3 Å². The Bertz CT molecular complexity index is 791. The topological polar surface area (TPSA) is 96.7 Å². The van der Waals surface area contributed by atoms with Crippen LogP contribution in [-0.4, -0.2) is 50.9 Å². The number of rotatable bonds is 7. The Hall–Kier alpha value is -3.06. The zero-order chi connectivity index (χ0) is 21.1. The molecule has 1 aliphatic rings. The molecule has 1 heterocycles. The number of nitrogens with zero attached hydrogens (tertiary/aromatic N) is 1. The van der Waals surface area contributed by atoms with Crippen molar-refractivity contribution in [2.75, 3.05) is 44.3 Å².